The van der Waals surface area contributed by atoms with Crippen molar-refractivity contribution in [3.63, 3.8) is 0 Å². The van der Waals surface area contributed by atoms with Gasteiger partial charge < -0.3 is 4.52 Å². The molecule has 2 rings (SSSR count). The highest BCUT2D eigenvalue weighted by molar-refractivity contribution is 7.89. The van der Waals surface area contributed by atoms with Gasteiger partial charge in [-0.2, -0.15) is 5.26 Å². The van der Waals surface area contributed by atoms with Gasteiger partial charge in [-0.3, -0.25) is 0 Å². The van der Waals surface area contributed by atoms with Gasteiger partial charge in [0.2, 0.25) is 10.0 Å². The highest BCUT2D eigenvalue weighted by atomic mass is 32.2. The fraction of sp³-hybridized carbons (Fsp3) is 0.182. The molecule has 19 heavy (non-hydrogen) atoms. The van der Waals surface area contributed by atoms with Crippen LogP contribution in [-0.2, 0) is 16.6 Å². The van der Waals surface area contributed by atoms with E-state index in [1.807, 2.05) is 0 Å². The third-order valence-corrected chi connectivity index (χ3v) is 3.71. The molecule has 2 heterocycles. The Labute approximate surface area is 109 Å². The molecule has 1 N–H and O–H groups in total. The second-order valence-electron chi connectivity index (χ2n) is 3.72. The van der Waals surface area contributed by atoms with Gasteiger partial charge in [0.1, 0.15) is 11.0 Å². The SMILES string of the molecule is Cc1cc(CNS(=O)(=O)c2cccnc2C#N)on1. The smallest absolute Gasteiger partial charge is 0.243 e. The summed E-state index contributed by atoms with van der Waals surface area (Å²) in [6, 6.07) is 6.13. The van der Waals surface area contributed by atoms with Crippen molar-refractivity contribution in [2.24, 2.45) is 0 Å². The molecule has 0 aliphatic heterocycles. The van der Waals surface area contributed by atoms with Crippen molar-refractivity contribution < 1.29 is 12.9 Å². The average molecular weight is 278 g/mol. The summed E-state index contributed by atoms with van der Waals surface area (Å²) in [5.74, 6) is 0.392. The number of nitriles is 1. The van der Waals surface area contributed by atoms with Crippen LogP contribution < -0.4 is 4.72 Å². The molecule has 0 atom stereocenters. The van der Waals surface area contributed by atoms with E-state index in [1.54, 1.807) is 19.1 Å². The fourth-order valence-electron chi connectivity index (χ4n) is 1.43. The van der Waals surface area contributed by atoms with Crippen LogP contribution in [-0.4, -0.2) is 18.6 Å². The van der Waals surface area contributed by atoms with Crippen molar-refractivity contribution >= 4 is 10.0 Å². The van der Waals surface area contributed by atoms with E-state index in [0.29, 0.717) is 11.5 Å². The van der Waals surface area contributed by atoms with Gasteiger partial charge in [0.15, 0.2) is 11.5 Å². The van der Waals surface area contributed by atoms with Crippen molar-refractivity contribution in [1.29, 1.82) is 5.26 Å². The monoisotopic (exact) mass is 278 g/mol. The molecule has 0 saturated heterocycles. The van der Waals surface area contributed by atoms with Gasteiger partial charge in [-0.1, -0.05) is 5.16 Å². The number of nitrogens with one attached hydrogen (secondary N) is 1. The topological polar surface area (TPSA) is 109 Å². The Bertz CT molecular complexity index is 730. The van der Waals surface area contributed by atoms with E-state index in [1.165, 1.54) is 18.3 Å². The molecule has 2 aromatic heterocycles. The first-order valence-electron chi connectivity index (χ1n) is 5.30. The first-order valence-corrected chi connectivity index (χ1v) is 6.78. The van der Waals surface area contributed by atoms with Gasteiger partial charge in [-0.15, -0.1) is 0 Å². The summed E-state index contributed by atoms with van der Waals surface area (Å²) < 4.78 is 31.3. The molecule has 8 heteroatoms. The highest BCUT2D eigenvalue weighted by Crippen LogP contribution is 2.12. The van der Waals surface area contributed by atoms with Crippen molar-refractivity contribution in [3.8, 4) is 6.07 Å². The van der Waals surface area contributed by atoms with Crippen molar-refractivity contribution in [2.45, 2.75) is 18.4 Å². The zero-order chi connectivity index (χ0) is 13.9. The van der Waals surface area contributed by atoms with Gasteiger partial charge in [0.05, 0.1) is 12.2 Å². The molecule has 0 bridgehead atoms. The minimum Gasteiger partial charge on any atom is -0.360 e. The van der Waals surface area contributed by atoms with Crippen LogP contribution in [0.1, 0.15) is 17.1 Å². The number of aryl methyl sites for hydroxylation is 1. The van der Waals surface area contributed by atoms with Gasteiger partial charge in [0, 0.05) is 12.3 Å². The maximum atomic E-state index is 12.0. The first-order chi connectivity index (χ1) is 9.03. The van der Waals surface area contributed by atoms with Crippen LogP contribution in [0.3, 0.4) is 0 Å². The molecule has 0 amide bonds. The van der Waals surface area contributed by atoms with E-state index in [-0.39, 0.29) is 17.1 Å². The van der Waals surface area contributed by atoms with E-state index < -0.39 is 10.0 Å². The number of hydrogen-bond donors (Lipinski definition) is 1. The van der Waals surface area contributed by atoms with E-state index in [0.717, 1.165) is 0 Å². The molecule has 7 nitrogen and oxygen atoms in total. The molecule has 0 radical (unpaired) electrons. The summed E-state index contributed by atoms with van der Waals surface area (Å²) in [6.07, 6.45) is 1.36. The maximum Gasteiger partial charge on any atom is 0.243 e. The number of pyridine rings is 1. The normalized spacial score (nSPS) is 11.2. The molecule has 0 fully saturated rings. The molecule has 0 aromatic carbocycles. The largest absolute Gasteiger partial charge is 0.360 e. The van der Waals surface area contributed by atoms with Crippen LogP contribution in [0, 0.1) is 18.3 Å². The van der Waals surface area contributed by atoms with Gasteiger partial charge >= 0.3 is 0 Å². The summed E-state index contributed by atoms with van der Waals surface area (Å²) in [5.41, 5.74) is 0.511. The lowest BCUT2D eigenvalue weighted by molar-refractivity contribution is 0.377. The molecule has 0 spiro atoms. The summed E-state index contributed by atoms with van der Waals surface area (Å²) in [6.45, 7) is 1.69. The Hall–Kier alpha value is -2.24. The number of sulfonamides is 1. The summed E-state index contributed by atoms with van der Waals surface area (Å²) in [5, 5.41) is 12.5. The van der Waals surface area contributed by atoms with Gasteiger partial charge in [-0.05, 0) is 19.1 Å². The fourth-order valence-corrected chi connectivity index (χ4v) is 2.53. The van der Waals surface area contributed by atoms with E-state index in [4.69, 9.17) is 9.78 Å². The Morgan fingerprint density at radius 1 is 1.53 bits per heavy atom. The molecular weight excluding hydrogens is 268 g/mol. The summed E-state index contributed by atoms with van der Waals surface area (Å²) in [4.78, 5) is 3.55. The standard InChI is InChI=1S/C11H10N4O3S/c1-8-5-9(18-15-8)7-14-19(16,17)11-3-2-4-13-10(11)6-12/h2-5,14H,7H2,1H3. The number of hydrogen-bond acceptors (Lipinski definition) is 6. The predicted octanol–water partition coefficient (Wildman–Crippen LogP) is 0.728. The van der Waals surface area contributed by atoms with Crippen molar-refractivity contribution in [3.05, 3.63) is 41.5 Å². The van der Waals surface area contributed by atoms with Gasteiger partial charge in [0.25, 0.3) is 0 Å². The molecule has 0 aliphatic carbocycles. The third kappa shape index (κ3) is 2.96. The molecule has 98 valence electrons. The van der Waals surface area contributed by atoms with E-state index in [9.17, 15) is 8.42 Å². The number of nitrogens with zero attached hydrogens (tertiary/aromatic N) is 3. The van der Waals surface area contributed by atoms with Crippen LogP contribution in [0.2, 0.25) is 0 Å². The molecule has 2 aromatic rings. The number of rotatable bonds is 4. The Balaban J connectivity index is 2.21. The zero-order valence-corrected chi connectivity index (χ0v) is 10.8. The van der Waals surface area contributed by atoms with Gasteiger partial charge in [-0.25, -0.2) is 18.1 Å². The lowest BCUT2D eigenvalue weighted by Gasteiger charge is -2.05. The van der Waals surface area contributed by atoms with Crippen LogP contribution in [0.15, 0.2) is 33.8 Å². The zero-order valence-electron chi connectivity index (χ0n) is 9.99. The van der Waals surface area contributed by atoms with Crippen LogP contribution in [0.25, 0.3) is 0 Å². The lowest BCUT2D eigenvalue weighted by atomic mass is 10.4. The van der Waals surface area contributed by atoms with Crippen molar-refractivity contribution in [1.82, 2.24) is 14.9 Å². The van der Waals surface area contributed by atoms with Crippen LogP contribution >= 0.6 is 0 Å². The van der Waals surface area contributed by atoms with Crippen LogP contribution in [0.5, 0.6) is 0 Å². The Morgan fingerprint density at radius 3 is 2.95 bits per heavy atom. The minimum absolute atomic E-state index is 0.0388. The third-order valence-electron chi connectivity index (χ3n) is 2.28. The lowest BCUT2D eigenvalue weighted by Crippen LogP contribution is -2.24. The first kappa shape index (κ1) is 13.2. The molecule has 0 aliphatic rings. The highest BCUT2D eigenvalue weighted by Gasteiger charge is 2.19. The Kier molecular flexibility index (Phi) is 3.59. The second-order valence-corrected chi connectivity index (χ2v) is 5.46. The quantitative estimate of drug-likeness (QED) is 0.882. The van der Waals surface area contributed by atoms with E-state index in [2.05, 4.69) is 14.9 Å². The molecule has 0 saturated carbocycles. The number of aromatic nitrogens is 2. The Morgan fingerprint density at radius 2 is 2.32 bits per heavy atom. The van der Waals surface area contributed by atoms with Crippen molar-refractivity contribution in [2.75, 3.05) is 0 Å². The summed E-state index contributed by atoms with van der Waals surface area (Å²) in [7, 11) is -3.81. The second kappa shape index (κ2) is 5.17. The summed E-state index contributed by atoms with van der Waals surface area (Å²) >= 11 is 0. The average Bonchev–Trinajstić information content (AvgIpc) is 2.82. The molecular formula is C11H10N4O3S. The maximum absolute atomic E-state index is 12.0. The van der Waals surface area contributed by atoms with E-state index >= 15 is 0 Å². The van der Waals surface area contributed by atoms with Crippen LogP contribution in [0.4, 0.5) is 0 Å². The molecule has 0 unspecified atom stereocenters. The minimum atomic E-state index is -3.81. The predicted molar refractivity (Wildman–Crippen MR) is 64.2 cm³/mol.